The summed E-state index contributed by atoms with van der Waals surface area (Å²) in [4.78, 5) is -0.0335. The summed E-state index contributed by atoms with van der Waals surface area (Å²) in [6.45, 7) is -1.51. The molecule has 0 fully saturated rings. The number of alkyl halides is 2. The van der Waals surface area contributed by atoms with E-state index in [2.05, 4.69) is 20.7 Å². The zero-order valence-corrected chi connectivity index (χ0v) is 10.7. The van der Waals surface area contributed by atoms with Crippen LogP contribution in [0.3, 0.4) is 0 Å². The normalized spacial score (nSPS) is 11.8. The van der Waals surface area contributed by atoms with Gasteiger partial charge in [-0.15, -0.1) is 0 Å². The fourth-order valence-electron chi connectivity index (χ4n) is 1.03. The number of benzene rings is 1. The molecule has 3 nitrogen and oxygen atoms in total. The Morgan fingerprint density at radius 1 is 1.44 bits per heavy atom. The van der Waals surface area contributed by atoms with E-state index in [0.717, 1.165) is 6.07 Å². The predicted molar refractivity (Wildman–Crippen MR) is 58.5 cm³/mol. The Kier molecular flexibility index (Phi) is 4.26. The number of rotatable bonds is 4. The van der Waals surface area contributed by atoms with Crippen molar-refractivity contribution in [2.45, 2.75) is 18.4 Å². The molecule has 0 aliphatic carbocycles. The topological polar surface area (TPSA) is 43.4 Å². The molecule has 90 valence electrons. The largest absolute Gasteiger partial charge is 0.434 e. The molecular formula is C9H9BrF2O3S. The zero-order valence-electron chi connectivity index (χ0n) is 8.28. The zero-order chi connectivity index (χ0) is 12.3. The molecule has 0 heterocycles. The average molecular weight is 315 g/mol. The van der Waals surface area contributed by atoms with Gasteiger partial charge in [-0.1, -0.05) is 6.92 Å². The van der Waals surface area contributed by atoms with Gasteiger partial charge in [0.15, 0.2) is 9.84 Å². The minimum atomic E-state index is -3.42. The van der Waals surface area contributed by atoms with Crippen molar-refractivity contribution >= 4 is 25.8 Å². The van der Waals surface area contributed by atoms with Crippen molar-refractivity contribution < 1.29 is 21.9 Å². The number of halogens is 3. The lowest BCUT2D eigenvalue weighted by molar-refractivity contribution is -0.0505. The van der Waals surface area contributed by atoms with Gasteiger partial charge in [-0.2, -0.15) is 8.78 Å². The third kappa shape index (κ3) is 3.15. The molecule has 1 rings (SSSR count). The average Bonchev–Trinajstić information content (AvgIpc) is 2.20. The summed E-state index contributed by atoms with van der Waals surface area (Å²) in [6, 6.07) is 3.77. The van der Waals surface area contributed by atoms with Crippen LogP contribution in [0.1, 0.15) is 6.92 Å². The van der Waals surface area contributed by atoms with E-state index in [1.54, 1.807) is 0 Å². The first-order chi connectivity index (χ1) is 7.36. The van der Waals surface area contributed by atoms with E-state index in [4.69, 9.17) is 0 Å². The van der Waals surface area contributed by atoms with Gasteiger partial charge in [0.1, 0.15) is 5.75 Å². The van der Waals surface area contributed by atoms with Crippen molar-refractivity contribution in [2.24, 2.45) is 0 Å². The van der Waals surface area contributed by atoms with Crippen LogP contribution in [-0.4, -0.2) is 20.8 Å². The molecule has 0 saturated carbocycles. The van der Waals surface area contributed by atoms with Gasteiger partial charge in [-0.05, 0) is 28.1 Å². The van der Waals surface area contributed by atoms with Crippen LogP contribution < -0.4 is 4.74 Å². The lowest BCUT2D eigenvalue weighted by atomic mass is 10.3. The van der Waals surface area contributed by atoms with Crippen molar-refractivity contribution in [3.63, 3.8) is 0 Å². The summed E-state index contributed by atoms with van der Waals surface area (Å²) in [5.74, 6) is -0.285. The Morgan fingerprint density at radius 2 is 2.06 bits per heavy atom. The van der Waals surface area contributed by atoms with Crippen molar-refractivity contribution in [1.29, 1.82) is 0 Å². The SMILES string of the molecule is CCS(=O)(=O)c1ccc(Br)c(OC(F)F)c1. The molecule has 0 N–H and O–H groups in total. The van der Waals surface area contributed by atoms with Gasteiger partial charge in [0, 0.05) is 6.07 Å². The van der Waals surface area contributed by atoms with E-state index in [1.807, 2.05) is 0 Å². The molecule has 0 spiro atoms. The molecule has 0 amide bonds. The van der Waals surface area contributed by atoms with Gasteiger partial charge in [0.25, 0.3) is 0 Å². The van der Waals surface area contributed by atoms with Gasteiger partial charge in [0.05, 0.1) is 15.1 Å². The molecular weight excluding hydrogens is 306 g/mol. The Labute approximate surface area is 100 Å². The third-order valence-corrected chi connectivity index (χ3v) is 4.25. The number of hydrogen-bond donors (Lipinski definition) is 0. The van der Waals surface area contributed by atoms with Gasteiger partial charge in [-0.3, -0.25) is 0 Å². The molecule has 1 aromatic rings. The van der Waals surface area contributed by atoms with Gasteiger partial charge in [-0.25, -0.2) is 8.42 Å². The summed E-state index contributed by atoms with van der Waals surface area (Å²) in [7, 11) is -3.42. The van der Waals surface area contributed by atoms with E-state index in [9.17, 15) is 17.2 Å². The first-order valence-corrected chi connectivity index (χ1v) is 6.78. The molecule has 1 aromatic carbocycles. The molecule has 0 atom stereocenters. The highest BCUT2D eigenvalue weighted by Crippen LogP contribution is 2.29. The van der Waals surface area contributed by atoms with Crippen LogP contribution in [0.4, 0.5) is 8.78 Å². The Hall–Kier alpha value is -0.690. The monoisotopic (exact) mass is 314 g/mol. The van der Waals surface area contributed by atoms with Crippen LogP contribution in [0.25, 0.3) is 0 Å². The molecule has 0 radical (unpaired) electrons. The van der Waals surface area contributed by atoms with Crippen LogP contribution in [0.5, 0.6) is 5.75 Å². The lowest BCUT2D eigenvalue weighted by Gasteiger charge is -2.08. The lowest BCUT2D eigenvalue weighted by Crippen LogP contribution is -2.06. The van der Waals surface area contributed by atoms with Crippen LogP contribution in [0.15, 0.2) is 27.6 Å². The van der Waals surface area contributed by atoms with E-state index in [0.29, 0.717) is 0 Å². The van der Waals surface area contributed by atoms with Crippen molar-refractivity contribution in [3.05, 3.63) is 22.7 Å². The van der Waals surface area contributed by atoms with Crippen LogP contribution in [0, 0.1) is 0 Å². The fraction of sp³-hybridized carbons (Fsp3) is 0.333. The van der Waals surface area contributed by atoms with Crippen molar-refractivity contribution in [1.82, 2.24) is 0 Å². The van der Waals surface area contributed by atoms with E-state index >= 15 is 0 Å². The second-order valence-electron chi connectivity index (χ2n) is 2.87. The van der Waals surface area contributed by atoms with E-state index in [-0.39, 0.29) is 20.9 Å². The maximum absolute atomic E-state index is 12.0. The van der Waals surface area contributed by atoms with Crippen LogP contribution >= 0.6 is 15.9 Å². The molecule has 7 heteroatoms. The van der Waals surface area contributed by atoms with Gasteiger partial charge < -0.3 is 4.74 Å². The Bertz CT molecular complexity index is 474. The summed E-state index contributed by atoms with van der Waals surface area (Å²) in [5, 5.41) is 0. The van der Waals surface area contributed by atoms with E-state index in [1.165, 1.54) is 19.1 Å². The first-order valence-electron chi connectivity index (χ1n) is 4.34. The Balaban J connectivity index is 3.17. The predicted octanol–water partition coefficient (Wildman–Crippen LogP) is 2.84. The fourth-order valence-corrected chi connectivity index (χ4v) is 2.27. The number of hydrogen-bond acceptors (Lipinski definition) is 3. The van der Waals surface area contributed by atoms with Crippen LogP contribution in [-0.2, 0) is 9.84 Å². The van der Waals surface area contributed by atoms with Crippen LogP contribution in [0.2, 0.25) is 0 Å². The van der Waals surface area contributed by atoms with Gasteiger partial charge in [0.2, 0.25) is 0 Å². The molecule has 0 unspecified atom stereocenters. The summed E-state index contributed by atoms with van der Waals surface area (Å²) in [5.41, 5.74) is 0. The minimum Gasteiger partial charge on any atom is -0.434 e. The minimum absolute atomic E-state index is 0.0335. The van der Waals surface area contributed by atoms with Crippen molar-refractivity contribution in [3.8, 4) is 5.75 Å². The summed E-state index contributed by atoms with van der Waals surface area (Å²) < 4.78 is 51.5. The molecule has 0 bridgehead atoms. The van der Waals surface area contributed by atoms with Crippen molar-refractivity contribution in [2.75, 3.05) is 5.75 Å². The van der Waals surface area contributed by atoms with E-state index < -0.39 is 16.4 Å². The second-order valence-corrected chi connectivity index (χ2v) is 6.01. The highest BCUT2D eigenvalue weighted by molar-refractivity contribution is 9.10. The molecule has 0 aromatic heterocycles. The third-order valence-electron chi connectivity index (χ3n) is 1.86. The molecule has 0 saturated heterocycles. The highest BCUT2D eigenvalue weighted by Gasteiger charge is 2.15. The molecule has 0 aliphatic rings. The number of sulfone groups is 1. The quantitative estimate of drug-likeness (QED) is 0.858. The Morgan fingerprint density at radius 3 is 2.56 bits per heavy atom. The highest BCUT2D eigenvalue weighted by atomic mass is 79.9. The standard InChI is InChI=1S/C9H9BrF2O3S/c1-2-16(13,14)6-3-4-7(10)8(5-6)15-9(11)12/h3-5,9H,2H2,1H3. The maximum Gasteiger partial charge on any atom is 0.387 e. The first kappa shape index (κ1) is 13.4. The van der Waals surface area contributed by atoms with Gasteiger partial charge >= 0.3 is 6.61 Å². The second kappa shape index (κ2) is 5.09. The maximum atomic E-state index is 12.0. The molecule has 16 heavy (non-hydrogen) atoms. The summed E-state index contributed by atoms with van der Waals surface area (Å²) >= 11 is 2.99. The summed E-state index contributed by atoms with van der Waals surface area (Å²) in [6.07, 6.45) is 0. The number of ether oxygens (including phenoxy) is 1. The molecule has 0 aliphatic heterocycles. The smallest absolute Gasteiger partial charge is 0.387 e.